The highest BCUT2D eigenvalue weighted by Crippen LogP contribution is 2.30. The van der Waals surface area contributed by atoms with E-state index >= 15 is 4.79 Å². The van der Waals surface area contributed by atoms with Crippen LogP contribution in [0.3, 0.4) is 0 Å². The van der Waals surface area contributed by atoms with Gasteiger partial charge in [0.05, 0.1) is 43.6 Å². The molecule has 0 radical (unpaired) electrons. The molecule has 34 heteroatoms. The van der Waals surface area contributed by atoms with Crippen LogP contribution in [0.4, 0.5) is 5.69 Å². The predicted octanol–water partition coefficient (Wildman–Crippen LogP) is -4.76. The van der Waals surface area contributed by atoms with Gasteiger partial charge in [-0.2, -0.15) is 12.6 Å². The minimum Gasteiger partial charge on any atom is -0.610 e. The van der Waals surface area contributed by atoms with Crippen molar-refractivity contribution >= 4 is 123 Å². The van der Waals surface area contributed by atoms with Gasteiger partial charge in [0.2, 0.25) is 87.7 Å². The number of thiol groups is 1. The van der Waals surface area contributed by atoms with Gasteiger partial charge >= 0.3 is 0 Å². The summed E-state index contributed by atoms with van der Waals surface area (Å²) in [5, 5.41) is 59.6. The first-order valence-corrected chi connectivity index (χ1v) is 32.9. The summed E-state index contributed by atoms with van der Waals surface area (Å²) in [6.07, 6.45) is -4.99. The van der Waals surface area contributed by atoms with Crippen LogP contribution >= 0.6 is 12.6 Å². The van der Waals surface area contributed by atoms with E-state index in [-0.39, 0.29) is 42.2 Å². The first kappa shape index (κ1) is 73.7. The van der Waals surface area contributed by atoms with Crippen LogP contribution in [-0.4, -0.2) is 222 Å². The van der Waals surface area contributed by atoms with E-state index in [2.05, 4.69) is 76.1 Å². The second-order valence-electron chi connectivity index (χ2n) is 24.3. The smallest absolute Gasteiger partial charge is 0.248 e. The standard InChI is InChI=1S/C61H82N14O18S2/c1-7-29(4)50-56(88)64-23-46(81)67-40-27-95(93)59-36(35-10-8-9-11-37(35)70-59)19-38(53(85)63-24-47(82)72-50)68-58(90)51(30(5)42(78)26-76)73-55(87)41-18-34(77)25-75(41)60(91)39(69-54(40)86)20-45(80)62-22-32-12-14-33(15-13-32)66-52(84)31(6)65-57(89)49(28(2)3)71-44(79)16-17-74-48(83)21-43(94)61(74)92/h8-15,28-31,34,38-43,49-51,70,76-78,94H,7,16-27H2,1-6H3,(H,62,80)(H,63,85)(H,64,88)(H,65,89)(H,66,84)(H,67,81)(H,68,90)(H,69,86)(H,71,79)(H,72,82)(H,73,87)/t29?,30?,31-,34?,38?,39?,40?,41?,42?,43?,49-,50?,51?,95?/m0/s1. The monoisotopic (exact) mass is 1360 g/mol. The van der Waals surface area contributed by atoms with Crippen LogP contribution in [0, 0.1) is 17.8 Å². The molecule has 2 fully saturated rings. The number of benzene rings is 2. The summed E-state index contributed by atoms with van der Waals surface area (Å²) in [7, 11) is 0. The van der Waals surface area contributed by atoms with E-state index in [1.54, 1.807) is 52.0 Å². The van der Waals surface area contributed by atoms with Gasteiger partial charge in [-0.3, -0.25) is 72.0 Å². The van der Waals surface area contributed by atoms with Crippen LogP contribution in [0.15, 0.2) is 53.6 Å². The zero-order valence-corrected chi connectivity index (χ0v) is 54.8. The van der Waals surface area contributed by atoms with Crippen LogP contribution in [0.25, 0.3) is 10.9 Å². The number of aliphatic hydroxyl groups excluding tert-OH is 3. The maximum absolute atomic E-state index is 15.0. The topological polar surface area (TPSA) is 477 Å². The normalized spacial score (nSPS) is 25.2. The highest BCUT2D eigenvalue weighted by molar-refractivity contribution is 7.91. The van der Waals surface area contributed by atoms with E-state index in [0.29, 0.717) is 22.9 Å². The molecule has 14 atom stereocenters. The number of aliphatic hydroxyl groups is 3. The van der Waals surface area contributed by atoms with Crippen molar-refractivity contribution in [3.05, 3.63) is 59.7 Å². The molecule has 5 heterocycles. The van der Waals surface area contributed by atoms with Crippen LogP contribution in [-0.2, 0) is 91.3 Å². The minimum atomic E-state index is -2.39. The number of likely N-dealkylation sites (tertiary alicyclic amines) is 1. The van der Waals surface area contributed by atoms with Gasteiger partial charge in [0.1, 0.15) is 48.0 Å². The summed E-state index contributed by atoms with van der Waals surface area (Å²) in [5.41, 5.74) is 1.19. The predicted molar refractivity (Wildman–Crippen MR) is 341 cm³/mol. The van der Waals surface area contributed by atoms with Crippen molar-refractivity contribution in [1.29, 1.82) is 0 Å². The Kier molecular flexibility index (Phi) is 25.7. The van der Waals surface area contributed by atoms with Gasteiger partial charge in [0.25, 0.3) is 0 Å². The van der Waals surface area contributed by atoms with E-state index < -0.39 is 229 Å². The third-order valence-electron chi connectivity index (χ3n) is 17.0. The van der Waals surface area contributed by atoms with Crippen molar-refractivity contribution in [3.63, 3.8) is 0 Å². The lowest BCUT2D eigenvalue weighted by Crippen LogP contribution is -2.62. The Labute approximate surface area is 554 Å². The number of aromatic amines is 1. The fraction of sp³-hybridized carbons (Fsp3) is 0.541. The molecular weight excluding hydrogens is 1280 g/mol. The van der Waals surface area contributed by atoms with Gasteiger partial charge in [0, 0.05) is 84.6 Å². The second kappa shape index (κ2) is 33.1. The summed E-state index contributed by atoms with van der Waals surface area (Å²) >= 11 is 1.69. The minimum absolute atomic E-state index is 0.0883. The number of carbonyl (C=O) groups is 14. The summed E-state index contributed by atoms with van der Waals surface area (Å²) < 4.78 is 15.0. The lowest BCUT2D eigenvalue weighted by Gasteiger charge is -2.33. The lowest BCUT2D eigenvalue weighted by molar-refractivity contribution is -0.144. The first-order chi connectivity index (χ1) is 45.0. The molecule has 1 aromatic heterocycles. The van der Waals surface area contributed by atoms with Crippen molar-refractivity contribution in [1.82, 2.24) is 68.0 Å². The van der Waals surface area contributed by atoms with Crippen LogP contribution in [0.2, 0.25) is 0 Å². The van der Waals surface area contributed by atoms with E-state index in [1.165, 1.54) is 38.1 Å². The number of imide groups is 1. The number of para-hydroxylation sites is 1. The number of anilines is 1. The summed E-state index contributed by atoms with van der Waals surface area (Å²) in [6, 6.07) is -0.0242. The van der Waals surface area contributed by atoms with Gasteiger partial charge < -0.3 is 88.2 Å². The molecule has 4 aliphatic rings. The maximum atomic E-state index is 15.0. The number of nitrogens with one attached hydrogen (secondary N) is 12. The SMILES string of the molecule is CCC(C)C1NC(=O)CNC(=O)C2Cc3c([nH]c4ccccc34)[S+]([O-])CC(NC(=O)CNC1=O)C(=O)NC(CC(=O)NCc1ccc(NC(=O)[C@H](C)NC(=O)[C@@H](NC(=O)CCN3C(=O)CC(S)C3=O)C(C)C)cc1)C(=O)N1CC(O)CC1C(=O)NC(C(C)C(O)CO)C(=O)N2. The molecule has 2 aromatic carbocycles. The Bertz CT molecular complexity index is 3430. The number of aromatic nitrogens is 1. The van der Waals surface area contributed by atoms with Gasteiger partial charge in [-0.15, -0.1) is 0 Å². The molecule has 15 N–H and O–H groups in total. The molecule has 516 valence electrons. The fourth-order valence-electron chi connectivity index (χ4n) is 11.1. The number of carbonyl (C=O) groups excluding carboxylic acids is 14. The molecule has 0 spiro atoms. The Morgan fingerprint density at radius 2 is 1.42 bits per heavy atom. The Hall–Kier alpha value is -8.70. The zero-order chi connectivity index (χ0) is 69.7. The summed E-state index contributed by atoms with van der Waals surface area (Å²) in [6.45, 7) is 5.92. The van der Waals surface area contributed by atoms with Crippen LogP contribution < -0.4 is 58.5 Å². The number of rotatable bonds is 18. The zero-order valence-electron chi connectivity index (χ0n) is 53.1. The van der Waals surface area contributed by atoms with Crippen molar-refractivity contribution in [3.8, 4) is 0 Å². The Morgan fingerprint density at radius 1 is 0.747 bits per heavy atom. The largest absolute Gasteiger partial charge is 0.610 e. The van der Waals surface area contributed by atoms with E-state index in [9.17, 15) is 82.2 Å². The molecule has 2 saturated heterocycles. The third kappa shape index (κ3) is 19.0. The average Bonchev–Trinajstić information content (AvgIpc) is 1.66. The van der Waals surface area contributed by atoms with Crippen molar-refractivity contribution in [2.45, 2.75) is 157 Å². The van der Waals surface area contributed by atoms with E-state index in [0.717, 1.165) is 9.80 Å². The molecule has 2 bridgehead atoms. The quantitative estimate of drug-likeness (QED) is 0.0323. The maximum Gasteiger partial charge on any atom is 0.248 e. The van der Waals surface area contributed by atoms with Gasteiger partial charge in [0.15, 0.2) is 6.04 Å². The molecule has 12 unspecified atom stereocenters. The molecule has 14 amide bonds. The molecule has 3 aromatic rings. The third-order valence-corrected chi connectivity index (χ3v) is 18.8. The first-order valence-electron chi connectivity index (χ1n) is 31.1. The van der Waals surface area contributed by atoms with Gasteiger partial charge in [-0.25, -0.2) is 0 Å². The van der Waals surface area contributed by atoms with E-state index in [1.807, 2.05) is 0 Å². The van der Waals surface area contributed by atoms with Crippen molar-refractivity contribution in [2.24, 2.45) is 17.8 Å². The molecule has 0 aliphatic carbocycles. The molecule has 7 rings (SSSR count). The number of H-pyrrole nitrogens is 1. The number of amides is 14. The van der Waals surface area contributed by atoms with Crippen LogP contribution in [0.1, 0.15) is 84.8 Å². The van der Waals surface area contributed by atoms with Gasteiger partial charge in [-0.1, -0.05) is 71.4 Å². The number of hydrogen-bond donors (Lipinski definition) is 16. The number of hydrogen-bond acceptors (Lipinski definition) is 19. The molecule has 95 heavy (non-hydrogen) atoms. The molecule has 4 aliphatic heterocycles. The molecule has 32 nitrogen and oxygen atoms in total. The Balaban J connectivity index is 1.15. The second-order valence-corrected chi connectivity index (χ2v) is 26.4. The van der Waals surface area contributed by atoms with Crippen molar-refractivity contribution in [2.75, 3.05) is 43.9 Å². The molecular formula is C61H82N14O18S2. The van der Waals surface area contributed by atoms with Crippen LogP contribution in [0.5, 0.6) is 0 Å². The Morgan fingerprint density at radius 3 is 2.07 bits per heavy atom. The number of nitrogens with zero attached hydrogens (tertiary/aromatic N) is 2. The highest BCUT2D eigenvalue weighted by atomic mass is 32.2. The van der Waals surface area contributed by atoms with E-state index in [4.69, 9.17) is 0 Å². The molecule has 0 saturated carbocycles. The lowest BCUT2D eigenvalue weighted by atomic mass is 9.93. The fourth-order valence-corrected chi connectivity index (χ4v) is 12.8. The average molecular weight is 1360 g/mol. The van der Waals surface area contributed by atoms with Crippen molar-refractivity contribution < 1.29 is 87.0 Å². The summed E-state index contributed by atoms with van der Waals surface area (Å²) in [5.74, 6) is -15.2. The van der Waals surface area contributed by atoms with Gasteiger partial charge in [-0.05, 0) is 42.5 Å². The number of fused-ring (bicyclic) bond motifs is 5. The highest BCUT2D eigenvalue weighted by Gasteiger charge is 2.46. The summed E-state index contributed by atoms with van der Waals surface area (Å²) in [4.78, 5) is 198.